The van der Waals surface area contributed by atoms with Crippen molar-refractivity contribution in [3.8, 4) is 0 Å². The molecule has 0 rings (SSSR count). The molecule has 0 bridgehead atoms. The van der Waals surface area contributed by atoms with Gasteiger partial charge in [-0.1, -0.05) is 63.7 Å². The summed E-state index contributed by atoms with van der Waals surface area (Å²) < 4.78 is 11.9. The van der Waals surface area contributed by atoms with Crippen molar-refractivity contribution in [3.63, 3.8) is 0 Å². The lowest BCUT2D eigenvalue weighted by molar-refractivity contribution is -0.329. The molecule has 4 nitrogen and oxygen atoms in total. The highest BCUT2D eigenvalue weighted by Crippen LogP contribution is 2.32. The number of nitrogens with zero attached hydrogens (tertiary/aromatic N) is 1. The minimum absolute atomic E-state index is 0.0660. The summed E-state index contributed by atoms with van der Waals surface area (Å²) in [4.78, 5) is 21.8. The zero-order chi connectivity index (χ0) is 12.1. The van der Waals surface area contributed by atoms with Gasteiger partial charge in [-0.3, -0.25) is 4.67 Å². The quantitative estimate of drug-likeness (QED) is 0.397. The summed E-state index contributed by atoms with van der Waals surface area (Å²) in [6.07, 6.45) is 0. The molecule has 0 fully saturated rings. The second kappa shape index (κ2) is 8.19. The van der Waals surface area contributed by atoms with Crippen LogP contribution in [0.25, 0.3) is 0 Å². The summed E-state index contributed by atoms with van der Waals surface area (Å²) in [5, 5.41) is 1.18. The minimum Gasteiger partial charge on any atom is -0.799 e. The van der Waals surface area contributed by atoms with Gasteiger partial charge in [0.25, 0.3) is 0 Å². The molecule has 0 saturated heterocycles. The highest BCUT2D eigenvalue weighted by Gasteiger charge is 2.16. The molecule has 0 aromatic heterocycles. The van der Waals surface area contributed by atoms with E-state index in [9.17, 15) is 14.4 Å². The lowest BCUT2D eigenvalue weighted by Crippen LogP contribution is -2.40. The van der Waals surface area contributed by atoms with Crippen LogP contribution in [0.4, 0.5) is 0 Å². The van der Waals surface area contributed by atoms with E-state index < -0.39 is 7.75 Å². The van der Waals surface area contributed by atoms with Crippen molar-refractivity contribution in [2.24, 2.45) is 0 Å². The van der Waals surface area contributed by atoms with Crippen molar-refractivity contribution < 1.29 is 14.4 Å². The molecule has 2 unspecified atom stereocenters. The molecule has 0 heterocycles. The lowest BCUT2D eigenvalue weighted by Gasteiger charge is -2.43. The molecule has 0 amide bonds. The number of hydrogen-bond donors (Lipinski definition) is 0. The summed E-state index contributed by atoms with van der Waals surface area (Å²) in [6, 6.07) is 0. The van der Waals surface area contributed by atoms with Gasteiger partial charge in [0.1, 0.15) is 0 Å². The first-order chi connectivity index (χ1) is 6.81. The summed E-state index contributed by atoms with van der Waals surface area (Å²) in [7, 11) is -4.68. The molecule has 0 aliphatic carbocycles. The SMILES string of the molecule is O=P([O-])([O-])N(CC(Br)CBr)CC(Br)CBr. The second-order valence-corrected chi connectivity index (χ2v) is 8.23. The van der Waals surface area contributed by atoms with Gasteiger partial charge in [-0.2, -0.15) is 0 Å². The van der Waals surface area contributed by atoms with Gasteiger partial charge < -0.3 is 14.4 Å². The van der Waals surface area contributed by atoms with Crippen LogP contribution in [-0.4, -0.2) is 38.1 Å². The van der Waals surface area contributed by atoms with E-state index in [1.807, 2.05) is 0 Å². The Bertz CT molecular complexity index is 214. The van der Waals surface area contributed by atoms with Gasteiger partial charge in [0.15, 0.2) is 0 Å². The highest BCUT2D eigenvalue weighted by atomic mass is 79.9. The zero-order valence-corrected chi connectivity index (χ0v) is 14.9. The Morgan fingerprint density at radius 3 is 1.60 bits per heavy atom. The van der Waals surface area contributed by atoms with Crippen LogP contribution in [0, 0.1) is 0 Å². The molecule has 0 saturated carbocycles. The Morgan fingerprint density at radius 2 is 1.40 bits per heavy atom. The molecule has 0 aliphatic rings. The van der Waals surface area contributed by atoms with Gasteiger partial charge in [0.2, 0.25) is 0 Å². The maximum absolute atomic E-state index is 11.0. The predicted molar refractivity (Wildman–Crippen MR) is 72.2 cm³/mol. The Hall–Kier alpha value is 2.03. The van der Waals surface area contributed by atoms with Crippen LogP contribution in [0.15, 0.2) is 0 Å². The smallest absolute Gasteiger partial charge is 0.0373 e. The maximum Gasteiger partial charge on any atom is 0.0373 e. The molecule has 0 N–H and O–H groups in total. The number of halogens is 4. The monoisotopic (exact) mass is 491 g/mol. The fraction of sp³-hybridized carbons (Fsp3) is 1.00. The van der Waals surface area contributed by atoms with Crippen LogP contribution in [-0.2, 0) is 4.57 Å². The third-order valence-electron chi connectivity index (χ3n) is 1.50. The van der Waals surface area contributed by atoms with Crippen LogP contribution in [0.3, 0.4) is 0 Å². The van der Waals surface area contributed by atoms with E-state index in [1.54, 1.807) is 0 Å². The van der Waals surface area contributed by atoms with Gasteiger partial charge in [0, 0.05) is 41.2 Å². The first-order valence-electron chi connectivity index (χ1n) is 3.98. The van der Waals surface area contributed by atoms with Gasteiger partial charge in [-0.15, -0.1) is 0 Å². The molecule has 2 atom stereocenters. The standard InChI is InChI=1S/C6H12Br4NO3P/c7-1-5(9)3-11(15(12,13)14)4-6(10)2-8/h5-6H,1-4H2,(H2,12,13,14)/p-2. The van der Waals surface area contributed by atoms with E-state index >= 15 is 0 Å². The molecular formula is C6H10Br4NO3P-2. The molecule has 0 spiro atoms. The van der Waals surface area contributed by atoms with Gasteiger partial charge in [-0.25, -0.2) is 0 Å². The lowest BCUT2D eigenvalue weighted by atomic mass is 10.4. The van der Waals surface area contributed by atoms with Gasteiger partial charge >= 0.3 is 0 Å². The predicted octanol–water partition coefficient (Wildman–Crippen LogP) is 1.43. The minimum atomic E-state index is -4.68. The molecule has 9 heteroatoms. The second-order valence-electron chi connectivity index (χ2n) is 2.84. The molecule has 0 radical (unpaired) electrons. The average molecular weight is 495 g/mol. The third-order valence-corrected chi connectivity index (χ3v) is 7.05. The maximum atomic E-state index is 11.0. The normalized spacial score (nSPS) is 16.7. The largest absolute Gasteiger partial charge is 0.799 e. The average Bonchev–Trinajstić information content (AvgIpc) is 2.14. The Morgan fingerprint density at radius 1 is 1.07 bits per heavy atom. The fourth-order valence-electron chi connectivity index (χ4n) is 0.829. The molecular weight excluding hydrogens is 485 g/mol. The van der Waals surface area contributed by atoms with Crippen LogP contribution in [0.5, 0.6) is 0 Å². The fourth-order valence-corrected chi connectivity index (χ4v) is 3.18. The summed E-state index contributed by atoms with van der Waals surface area (Å²) in [6.45, 7) is 0.343. The van der Waals surface area contributed by atoms with Gasteiger partial charge in [-0.05, 0) is 0 Å². The number of alkyl halides is 4. The van der Waals surface area contributed by atoms with Crippen molar-refractivity contribution in [1.82, 2.24) is 4.67 Å². The first-order valence-corrected chi connectivity index (χ1v) is 9.55. The van der Waals surface area contributed by atoms with Crippen molar-refractivity contribution in [2.75, 3.05) is 23.7 Å². The van der Waals surface area contributed by atoms with Crippen LogP contribution >= 0.6 is 71.5 Å². The van der Waals surface area contributed by atoms with Crippen LogP contribution in [0.2, 0.25) is 0 Å². The summed E-state index contributed by atoms with van der Waals surface area (Å²) in [5.74, 6) is 0. The van der Waals surface area contributed by atoms with Crippen LogP contribution < -0.4 is 9.79 Å². The third kappa shape index (κ3) is 7.86. The highest BCUT2D eigenvalue weighted by molar-refractivity contribution is 9.12. The Balaban J connectivity index is 4.39. The van der Waals surface area contributed by atoms with Crippen molar-refractivity contribution >= 4 is 71.5 Å². The van der Waals surface area contributed by atoms with Crippen molar-refractivity contribution in [3.05, 3.63) is 0 Å². The zero-order valence-electron chi connectivity index (χ0n) is 7.61. The van der Waals surface area contributed by atoms with Crippen LogP contribution in [0.1, 0.15) is 0 Å². The van der Waals surface area contributed by atoms with Gasteiger partial charge in [0.05, 0.1) is 0 Å². The van der Waals surface area contributed by atoms with E-state index in [-0.39, 0.29) is 22.7 Å². The van der Waals surface area contributed by atoms with E-state index in [2.05, 4.69) is 63.7 Å². The summed E-state index contributed by atoms with van der Waals surface area (Å²) in [5.41, 5.74) is 0. The molecule has 0 aromatic rings. The van der Waals surface area contributed by atoms with Crippen molar-refractivity contribution in [2.45, 2.75) is 9.65 Å². The Labute approximate surface area is 123 Å². The molecule has 92 valence electrons. The Kier molecular flexibility index (Phi) is 9.30. The molecule has 15 heavy (non-hydrogen) atoms. The van der Waals surface area contributed by atoms with E-state index in [1.165, 1.54) is 0 Å². The van der Waals surface area contributed by atoms with E-state index in [0.29, 0.717) is 10.7 Å². The molecule has 0 aromatic carbocycles. The topological polar surface area (TPSA) is 66.4 Å². The van der Waals surface area contributed by atoms with Crippen molar-refractivity contribution in [1.29, 1.82) is 0 Å². The van der Waals surface area contributed by atoms with E-state index in [0.717, 1.165) is 4.67 Å². The number of rotatable bonds is 7. The first kappa shape index (κ1) is 17.0. The molecule has 0 aliphatic heterocycles. The van der Waals surface area contributed by atoms with E-state index in [4.69, 9.17) is 0 Å². The number of hydrogen-bond acceptors (Lipinski definition) is 3. The summed E-state index contributed by atoms with van der Waals surface area (Å²) >= 11 is 12.9.